The van der Waals surface area contributed by atoms with Gasteiger partial charge in [0.1, 0.15) is 5.69 Å². The SMILES string of the molecule is C=CC.C=CC(=O)Nc1cccc(Cn2nc(C(=O)Nc3cccc(C)c3)c3c2CCN(C(=O)c2ccc[nH]2)C3)c1. The van der Waals surface area contributed by atoms with E-state index in [1.165, 1.54) is 6.08 Å². The minimum Gasteiger partial charge on any atom is -0.357 e. The van der Waals surface area contributed by atoms with Crippen LogP contribution >= 0.6 is 0 Å². The Balaban J connectivity index is 0.00000124. The number of aromatic amines is 1. The maximum absolute atomic E-state index is 13.4. The lowest BCUT2D eigenvalue weighted by molar-refractivity contribution is -0.111. The quantitative estimate of drug-likeness (QED) is 0.213. The molecule has 1 aliphatic rings. The van der Waals surface area contributed by atoms with E-state index in [0.29, 0.717) is 42.3 Å². The lowest BCUT2D eigenvalue weighted by atomic mass is 10.0. The number of allylic oxidation sites excluding steroid dienone is 1. The van der Waals surface area contributed by atoms with Gasteiger partial charge in [-0.3, -0.25) is 19.1 Å². The number of nitrogens with zero attached hydrogens (tertiary/aromatic N) is 3. The third kappa shape index (κ3) is 7.07. The number of nitrogens with one attached hydrogen (secondary N) is 3. The Labute approximate surface area is 239 Å². The molecular weight excluding hydrogens is 516 g/mol. The number of hydrogen-bond acceptors (Lipinski definition) is 4. The van der Waals surface area contributed by atoms with Gasteiger partial charge in [-0.05, 0) is 67.4 Å². The molecule has 9 nitrogen and oxygen atoms in total. The third-order valence-corrected chi connectivity index (χ3v) is 6.45. The predicted molar refractivity (Wildman–Crippen MR) is 161 cm³/mol. The van der Waals surface area contributed by atoms with Crippen LogP contribution in [0.5, 0.6) is 0 Å². The molecule has 0 atom stereocenters. The lowest BCUT2D eigenvalue weighted by Gasteiger charge is -2.27. The topological polar surface area (TPSA) is 112 Å². The van der Waals surface area contributed by atoms with Crippen molar-refractivity contribution < 1.29 is 14.4 Å². The second-order valence-corrected chi connectivity index (χ2v) is 9.62. The highest BCUT2D eigenvalue weighted by Gasteiger charge is 2.31. The summed E-state index contributed by atoms with van der Waals surface area (Å²) in [6.45, 7) is 11.9. The smallest absolute Gasteiger partial charge is 0.276 e. The van der Waals surface area contributed by atoms with E-state index in [4.69, 9.17) is 5.10 Å². The number of fused-ring (bicyclic) bond motifs is 1. The maximum Gasteiger partial charge on any atom is 0.276 e. The second-order valence-electron chi connectivity index (χ2n) is 9.62. The number of carbonyl (C=O) groups excluding carboxylic acids is 3. The summed E-state index contributed by atoms with van der Waals surface area (Å²) in [6, 6.07) is 18.6. The molecule has 0 spiro atoms. The van der Waals surface area contributed by atoms with Gasteiger partial charge in [0.15, 0.2) is 5.69 Å². The van der Waals surface area contributed by atoms with Crippen LogP contribution in [0.15, 0.2) is 92.2 Å². The zero-order valence-electron chi connectivity index (χ0n) is 23.3. The highest BCUT2D eigenvalue weighted by atomic mass is 16.2. The summed E-state index contributed by atoms with van der Waals surface area (Å²) >= 11 is 0. The van der Waals surface area contributed by atoms with Gasteiger partial charge in [0.05, 0.1) is 13.1 Å². The van der Waals surface area contributed by atoms with E-state index in [-0.39, 0.29) is 24.3 Å². The fraction of sp³-hybridized carbons (Fsp3) is 0.188. The Hall–Kier alpha value is -5.18. The van der Waals surface area contributed by atoms with Gasteiger partial charge in [-0.25, -0.2) is 0 Å². The summed E-state index contributed by atoms with van der Waals surface area (Å²) in [5.41, 5.74) is 5.71. The molecule has 0 saturated heterocycles. The van der Waals surface area contributed by atoms with Crippen LogP contribution in [0, 0.1) is 6.92 Å². The van der Waals surface area contributed by atoms with Gasteiger partial charge in [0, 0.05) is 41.8 Å². The first-order valence-electron chi connectivity index (χ1n) is 13.3. The molecular formula is C32H34N6O3. The first-order valence-corrected chi connectivity index (χ1v) is 13.3. The van der Waals surface area contributed by atoms with Crippen LogP contribution in [0.3, 0.4) is 0 Å². The van der Waals surface area contributed by atoms with Gasteiger partial charge in [-0.2, -0.15) is 5.10 Å². The normalized spacial score (nSPS) is 11.9. The van der Waals surface area contributed by atoms with Gasteiger partial charge in [0.25, 0.3) is 11.8 Å². The van der Waals surface area contributed by atoms with Gasteiger partial charge in [-0.15, -0.1) is 6.58 Å². The van der Waals surface area contributed by atoms with E-state index in [1.807, 2.05) is 61.0 Å². The van der Waals surface area contributed by atoms with Crippen molar-refractivity contribution in [1.29, 1.82) is 0 Å². The molecule has 1 aliphatic heterocycles. The Morgan fingerprint density at radius 2 is 1.76 bits per heavy atom. The lowest BCUT2D eigenvalue weighted by Crippen LogP contribution is -2.37. The molecule has 9 heteroatoms. The van der Waals surface area contributed by atoms with E-state index in [2.05, 4.69) is 28.8 Å². The third-order valence-electron chi connectivity index (χ3n) is 6.45. The molecule has 3 amide bonds. The number of anilines is 2. The summed E-state index contributed by atoms with van der Waals surface area (Å²) in [6.07, 6.45) is 5.24. The van der Waals surface area contributed by atoms with Gasteiger partial charge in [0.2, 0.25) is 5.91 Å². The summed E-state index contributed by atoms with van der Waals surface area (Å²) < 4.78 is 1.82. The molecule has 3 heterocycles. The Kier molecular flexibility index (Phi) is 9.32. The summed E-state index contributed by atoms with van der Waals surface area (Å²) in [7, 11) is 0. The average Bonchev–Trinajstić information content (AvgIpc) is 3.62. The van der Waals surface area contributed by atoms with Crippen molar-refractivity contribution in [3.8, 4) is 0 Å². The number of aryl methyl sites for hydroxylation is 1. The van der Waals surface area contributed by atoms with E-state index < -0.39 is 0 Å². The first-order chi connectivity index (χ1) is 19.8. The first kappa shape index (κ1) is 28.8. The molecule has 41 heavy (non-hydrogen) atoms. The van der Waals surface area contributed by atoms with E-state index in [1.54, 1.807) is 35.4 Å². The largest absolute Gasteiger partial charge is 0.357 e. The monoisotopic (exact) mass is 550 g/mol. The number of benzene rings is 2. The van der Waals surface area contributed by atoms with E-state index in [0.717, 1.165) is 22.4 Å². The van der Waals surface area contributed by atoms with E-state index in [9.17, 15) is 14.4 Å². The summed E-state index contributed by atoms with van der Waals surface area (Å²) in [5.74, 6) is -0.739. The zero-order chi connectivity index (χ0) is 29.4. The summed E-state index contributed by atoms with van der Waals surface area (Å²) in [5, 5.41) is 10.4. The van der Waals surface area contributed by atoms with Crippen LogP contribution in [0.4, 0.5) is 11.4 Å². The highest BCUT2D eigenvalue weighted by molar-refractivity contribution is 6.04. The molecule has 5 rings (SSSR count). The van der Waals surface area contributed by atoms with Crippen molar-refractivity contribution in [3.05, 3.63) is 126 Å². The van der Waals surface area contributed by atoms with Gasteiger partial charge < -0.3 is 20.5 Å². The molecule has 2 aromatic carbocycles. The Morgan fingerprint density at radius 1 is 1.02 bits per heavy atom. The van der Waals surface area contributed by atoms with Crippen molar-refractivity contribution >= 4 is 29.1 Å². The second kappa shape index (κ2) is 13.3. The van der Waals surface area contributed by atoms with Crippen LogP contribution in [-0.4, -0.2) is 43.9 Å². The number of amides is 3. The van der Waals surface area contributed by atoms with Crippen LogP contribution in [0.25, 0.3) is 0 Å². The van der Waals surface area contributed by atoms with Crippen LogP contribution in [0.2, 0.25) is 0 Å². The minimum absolute atomic E-state index is 0.121. The number of hydrogen-bond donors (Lipinski definition) is 3. The molecule has 210 valence electrons. The zero-order valence-corrected chi connectivity index (χ0v) is 23.3. The predicted octanol–water partition coefficient (Wildman–Crippen LogP) is 5.34. The van der Waals surface area contributed by atoms with Crippen molar-refractivity contribution in [2.45, 2.75) is 33.4 Å². The van der Waals surface area contributed by atoms with Crippen molar-refractivity contribution in [3.63, 3.8) is 0 Å². The molecule has 3 N–H and O–H groups in total. The Morgan fingerprint density at radius 3 is 2.44 bits per heavy atom. The number of rotatable bonds is 7. The molecule has 0 saturated carbocycles. The highest BCUT2D eigenvalue weighted by Crippen LogP contribution is 2.26. The molecule has 0 fully saturated rings. The van der Waals surface area contributed by atoms with Crippen LogP contribution < -0.4 is 10.6 Å². The maximum atomic E-state index is 13.4. The Bertz CT molecular complexity index is 1570. The molecule has 0 radical (unpaired) electrons. The van der Waals surface area contributed by atoms with Crippen molar-refractivity contribution in [2.75, 3.05) is 17.2 Å². The van der Waals surface area contributed by atoms with Crippen molar-refractivity contribution in [1.82, 2.24) is 19.7 Å². The number of carbonyl (C=O) groups is 3. The van der Waals surface area contributed by atoms with E-state index >= 15 is 0 Å². The standard InChI is InChI=1S/C29H28N6O3.C3H6/c1-3-26(36)31-22-10-5-8-20(16-22)17-35-25-12-14-34(29(38)24-11-6-13-30-24)18-23(25)27(33-35)28(37)32-21-9-4-7-19(2)15-21;1-3-2/h3-11,13,15-16,30H,1,12,14,17-18H2,2H3,(H,31,36)(H,32,37);3H,1H2,2H3. The molecule has 2 aromatic heterocycles. The minimum atomic E-state index is -0.327. The van der Waals surface area contributed by atoms with Gasteiger partial charge >= 0.3 is 0 Å². The average molecular weight is 551 g/mol. The summed E-state index contributed by atoms with van der Waals surface area (Å²) in [4.78, 5) is 42.9. The molecule has 0 aliphatic carbocycles. The van der Waals surface area contributed by atoms with Gasteiger partial charge in [-0.1, -0.05) is 36.9 Å². The van der Waals surface area contributed by atoms with Crippen LogP contribution in [-0.2, 0) is 24.3 Å². The fourth-order valence-corrected chi connectivity index (χ4v) is 4.64. The fourth-order valence-electron chi connectivity index (χ4n) is 4.64. The van der Waals surface area contributed by atoms with Crippen LogP contribution in [0.1, 0.15) is 50.3 Å². The number of H-pyrrole nitrogens is 1. The molecule has 0 bridgehead atoms. The van der Waals surface area contributed by atoms with Crippen molar-refractivity contribution in [2.24, 2.45) is 0 Å². The number of aromatic nitrogens is 3. The molecule has 4 aromatic rings. The molecule has 0 unspecified atom stereocenters.